The molecule has 1 fully saturated rings. The van der Waals surface area contributed by atoms with Crippen molar-refractivity contribution in [2.24, 2.45) is 10.00 Å². The number of hydrogen-bond acceptors (Lipinski definition) is 4. The van der Waals surface area contributed by atoms with Crippen LogP contribution in [0, 0.1) is 0 Å². The van der Waals surface area contributed by atoms with Crippen molar-refractivity contribution in [2.45, 2.75) is 31.8 Å². The zero-order valence-electron chi connectivity index (χ0n) is 13.1. The molecule has 0 aromatic heterocycles. The van der Waals surface area contributed by atoms with Crippen LogP contribution >= 0.6 is 8.00 Å². The maximum atomic E-state index is 12.3. The smallest absolute Gasteiger partial charge is 0 e. The van der Waals surface area contributed by atoms with Crippen molar-refractivity contribution in [3.63, 3.8) is 0 Å². The van der Waals surface area contributed by atoms with Crippen LogP contribution in [0.3, 0.4) is 0 Å². The van der Waals surface area contributed by atoms with Crippen molar-refractivity contribution in [1.29, 1.82) is 0 Å². The number of rotatable bonds is 5. The standard InChI is InChI=1S/C13H18F4N3OP.F2/c1-20(2)10-7-8-12(18-19-22(14,15,16)17)13(9-10)21-11-5-3-4-6-11;1-2/h7-9,11H,3-6H2,1-2H3;. The Bertz CT molecular complexity index is 563. The molecule has 1 aliphatic carbocycles. The summed E-state index contributed by atoms with van der Waals surface area (Å²) in [5.74, 6) is 0.197. The van der Waals surface area contributed by atoms with Crippen LogP contribution in [0.5, 0.6) is 5.75 Å². The molecule has 11 heteroatoms. The van der Waals surface area contributed by atoms with E-state index in [-0.39, 0.29) is 17.5 Å². The van der Waals surface area contributed by atoms with Gasteiger partial charge in [0.15, 0.2) is 0 Å². The average Bonchev–Trinajstić information content (AvgIpc) is 2.99. The summed E-state index contributed by atoms with van der Waals surface area (Å²) in [5, 5.41) is 3.03. The normalized spacial score (nSPS) is 17.1. The van der Waals surface area contributed by atoms with Crippen LogP contribution in [0.2, 0.25) is 0 Å². The summed E-state index contributed by atoms with van der Waals surface area (Å²) in [6, 6.07) is 4.53. The van der Waals surface area contributed by atoms with Crippen molar-refractivity contribution in [1.82, 2.24) is 0 Å². The minimum absolute atomic E-state index is 0.0481. The fourth-order valence-corrected chi connectivity index (χ4v) is 2.49. The van der Waals surface area contributed by atoms with Crippen LogP contribution in [-0.2, 0) is 0 Å². The first-order chi connectivity index (χ1) is 11.1. The van der Waals surface area contributed by atoms with Gasteiger partial charge in [-0.1, -0.05) is 0 Å². The van der Waals surface area contributed by atoms with Gasteiger partial charge in [-0.15, -0.1) is 0 Å². The van der Waals surface area contributed by atoms with Crippen molar-refractivity contribution in [3.8, 4) is 5.75 Å². The zero-order chi connectivity index (χ0) is 18.4. The summed E-state index contributed by atoms with van der Waals surface area (Å²) in [6.07, 6.45) is 3.69. The molecule has 0 heterocycles. The van der Waals surface area contributed by atoms with Gasteiger partial charge in [-0.2, -0.15) is 0 Å². The molecular formula is C13H18F6N3OP. The number of benzene rings is 1. The fraction of sp³-hybridized carbons (Fsp3) is 0.538. The molecule has 24 heavy (non-hydrogen) atoms. The second-order valence-corrected chi connectivity index (χ2v) is 7.00. The average molecular weight is 377 g/mol. The number of ether oxygens (including phenoxy) is 1. The Balaban J connectivity index is 0.00000139. The van der Waals surface area contributed by atoms with E-state index in [9.17, 15) is 16.8 Å². The van der Waals surface area contributed by atoms with Gasteiger partial charge in [-0.05, 0) is 0 Å². The van der Waals surface area contributed by atoms with E-state index in [1.807, 2.05) is 4.88 Å². The summed E-state index contributed by atoms with van der Waals surface area (Å²) >= 11 is 0. The van der Waals surface area contributed by atoms with E-state index >= 15 is 0 Å². The third-order valence-electron chi connectivity index (χ3n) is 3.34. The van der Waals surface area contributed by atoms with Crippen LogP contribution in [0.25, 0.3) is 0 Å². The molecular weight excluding hydrogens is 359 g/mol. The Morgan fingerprint density at radius 3 is 2.17 bits per heavy atom. The van der Waals surface area contributed by atoms with Crippen molar-refractivity contribution in [2.75, 3.05) is 19.0 Å². The van der Waals surface area contributed by atoms with Crippen LogP contribution in [-0.4, -0.2) is 20.2 Å². The molecule has 1 aromatic rings. The van der Waals surface area contributed by atoms with E-state index in [1.54, 1.807) is 31.1 Å². The van der Waals surface area contributed by atoms with E-state index in [2.05, 4.69) is 5.11 Å². The van der Waals surface area contributed by atoms with Gasteiger partial charge in [-0.25, -0.2) is 0 Å². The van der Waals surface area contributed by atoms with Crippen molar-refractivity contribution >= 4 is 19.4 Å². The summed E-state index contributed by atoms with van der Waals surface area (Å²) in [4.78, 5) is 3.75. The first kappa shape index (κ1) is 20.5. The van der Waals surface area contributed by atoms with Crippen LogP contribution in [0.4, 0.5) is 37.3 Å². The summed E-state index contributed by atoms with van der Waals surface area (Å²) < 4.78 is 71.0. The SMILES string of the molecule is CN(C)c1ccc(N=NP(F)(F)(F)F)c(OC2CCCC2)c1.FF. The molecule has 0 amide bonds. The Hall–Kier alpha value is -1.57. The van der Waals surface area contributed by atoms with E-state index in [1.165, 1.54) is 6.07 Å². The molecule has 0 spiro atoms. The maximum Gasteiger partial charge on any atom is 0 e. The molecule has 1 aliphatic rings. The van der Waals surface area contributed by atoms with Crippen LogP contribution in [0.1, 0.15) is 25.7 Å². The van der Waals surface area contributed by atoms with Gasteiger partial charge < -0.3 is 0 Å². The van der Waals surface area contributed by atoms with Crippen LogP contribution < -0.4 is 9.64 Å². The molecule has 138 valence electrons. The number of halogens is 6. The molecule has 0 unspecified atom stereocenters. The maximum absolute atomic E-state index is 12.3. The number of anilines is 1. The van der Waals surface area contributed by atoms with Gasteiger partial charge in [0.1, 0.15) is 0 Å². The van der Waals surface area contributed by atoms with E-state index in [4.69, 9.17) is 13.9 Å². The van der Waals surface area contributed by atoms with Gasteiger partial charge in [0.2, 0.25) is 0 Å². The monoisotopic (exact) mass is 377 g/mol. The quantitative estimate of drug-likeness (QED) is 0.315. The number of nitrogens with zero attached hydrogens (tertiary/aromatic N) is 3. The first-order valence-electron chi connectivity index (χ1n) is 7.05. The van der Waals surface area contributed by atoms with Gasteiger partial charge >= 0.3 is 126 Å². The van der Waals surface area contributed by atoms with E-state index in [0.717, 1.165) is 31.4 Å². The van der Waals surface area contributed by atoms with Gasteiger partial charge in [0.05, 0.1) is 0 Å². The van der Waals surface area contributed by atoms with E-state index < -0.39 is 8.00 Å². The molecule has 0 N–H and O–H groups in total. The minimum Gasteiger partial charge on any atom is 0 e. The summed E-state index contributed by atoms with van der Waals surface area (Å²) in [6.45, 7) is 0. The molecule has 0 saturated heterocycles. The zero-order valence-corrected chi connectivity index (χ0v) is 14.0. The molecule has 2 rings (SSSR count). The molecule has 0 radical (unpaired) electrons. The third-order valence-corrected chi connectivity index (χ3v) is 3.70. The molecule has 1 saturated carbocycles. The minimum atomic E-state index is -8.01. The molecule has 0 aliphatic heterocycles. The van der Waals surface area contributed by atoms with Crippen molar-refractivity contribution < 1.29 is 30.7 Å². The van der Waals surface area contributed by atoms with Gasteiger partial charge in [0.25, 0.3) is 0 Å². The fourth-order valence-electron chi connectivity index (χ4n) is 2.26. The Morgan fingerprint density at radius 2 is 1.67 bits per heavy atom. The summed E-state index contributed by atoms with van der Waals surface area (Å²) in [7, 11) is -4.41. The summed E-state index contributed by atoms with van der Waals surface area (Å²) in [5.41, 5.74) is 0.641. The third kappa shape index (κ3) is 6.90. The predicted molar refractivity (Wildman–Crippen MR) is 81.7 cm³/mol. The van der Waals surface area contributed by atoms with Crippen LogP contribution in [0.15, 0.2) is 28.2 Å². The molecule has 4 nitrogen and oxygen atoms in total. The number of hydrogen-bond donors (Lipinski definition) is 0. The van der Waals surface area contributed by atoms with Gasteiger partial charge in [-0.3, -0.25) is 0 Å². The molecule has 0 bridgehead atoms. The van der Waals surface area contributed by atoms with Gasteiger partial charge in [0, 0.05) is 9.15 Å². The molecule has 1 aromatic carbocycles. The Kier molecular flexibility index (Phi) is 6.83. The second-order valence-electron chi connectivity index (χ2n) is 5.45. The first-order valence-corrected chi connectivity index (χ1v) is 8.81. The largest absolute Gasteiger partial charge is 0 e. The Labute approximate surface area is 135 Å². The Morgan fingerprint density at radius 1 is 1.08 bits per heavy atom. The predicted octanol–water partition coefficient (Wildman–Crippen LogP) is 7.00. The second kappa shape index (κ2) is 8.00. The topological polar surface area (TPSA) is 37.2 Å². The molecule has 0 atom stereocenters. The van der Waals surface area contributed by atoms with E-state index in [0.29, 0.717) is 0 Å². The van der Waals surface area contributed by atoms with Crippen molar-refractivity contribution in [3.05, 3.63) is 18.2 Å².